The first-order chi connectivity index (χ1) is 9.94. The van der Waals surface area contributed by atoms with Gasteiger partial charge in [0.25, 0.3) is 0 Å². The van der Waals surface area contributed by atoms with Crippen molar-refractivity contribution in [3.8, 4) is 0 Å². The fourth-order valence-corrected chi connectivity index (χ4v) is 3.02. The number of ether oxygens (including phenoxy) is 1. The highest BCUT2D eigenvalue weighted by molar-refractivity contribution is 5.82. The van der Waals surface area contributed by atoms with Crippen molar-refractivity contribution in [2.45, 2.75) is 69.3 Å². The molecule has 1 saturated heterocycles. The minimum absolute atomic E-state index is 0.0313. The zero-order valence-electron chi connectivity index (χ0n) is 12.0. The molecule has 2 fully saturated rings. The predicted molar refractivity (Wildman–Crippen MR) is 71.8 cm³/mol. The van der Waals surface area contributed by atoms with Gasteiger partial charge >= 0.3 is 6.18 Å². The highest BCUT2D eigenvalue weighted by atomic mass is 19.4. The summed E-state index contributed by atoms with van der Waals surface area (Å²) < 4.78 is 41.4. The van der Waals surface area contributed by atoms with Gasteiger partial charge in [0.1, 0.15) is 6.61 Å². The summed E-state index contributed by atoms with van der Waals surface area (Å²) in [5.41, 5.74) is 0. The van der Waals surface area contributed by atoms with E-state index in [1.807, 2.05) is 0 Å². The molecule has 3 atom stereocenters. The average molecular weight is 308 g/mol. The van der Waals surface area contributed by atoms with Gasteiger partial charge in [0, 0.05) is 6.04 Å². The largest absolute Gasteiger partial charge is 0.411 e. The topological polar surface area (TPSA) is 50.4 Å². The molecule has 4 nitrogen and oxygen atoms in total. The van der Waals surface area contributed by atoms with E-state index in [1.54, 1.807) is 0 Å². The second-order valence-corrected chi connectivity index (χ2v) is 5.92. The molecule has 2 unspecified atom stereocenters. The molecular formula is C14H23F3N2O2. The first-order valence-corrected chi connectivity index (χ1v) is 7.66. The number of piperidine rings is 1. The van der Waals surface area contributed by atoms with Gasteiger partial charge in [0.05, 0.1) is 12.1 Å². The third-order valence-electron chi connectivity index (χ3n) is 4.08. The third kappa shape index (κ3) is 5.82. The molecule has 0 spiro atoms. The van der Waals surface area contributed by atoms with Gasteiger partial charge in [-0.2, -0.15) is 13.2 Å². The molecule has 1 saturated carbocycles. The van der Waals surface area contributed by atoms with E-state index in [1.165, 1.54) is 0 Å². The van der Waals surface area contributed by atoms with Crippen molar-refractivity contribution in [3.63, 3.8) is 0 Å². The lowest BCUT2D eigenvalue weighted by Crippen LogP contribution is -2.51. The van der Waals surface area contributed by atoms with Crippen LogP contribution in [0.1, 0.15) is 44.9 Å². The summed E-state index contributed by atoms with van der Waals surface area (Å²) in [4.78, 5) is 12.1. The van der Waals surface area contributed by atoms with Gasteiger partial charge in [0.2, 0.25) is 5.91 Å². The Labute approximate surface area is 122 Å². The number of halogens is 3. The van der Waals surface area contributed by atoms with Crippen molar-refractivity contribution < 1.29 is 22.7 Å². The van der Waals surface area contributed by atoms with Crippen molar-refractivity contribution in [3.05, 3.63) is 0 Å². The van der Waals surface area contributed by atoms with Crippen LogP contribution >= 0.6 is 0 Å². The van der Waals surface area contributed by atoms with Gasteiger partial charge in [-0.15, -0.1) is 0 Å². The van der Waals surface area contributed by atoms with E-state index in [0.717, 1.165) is 38.6 Å². The molecule has 2 rings (SSSR count). The number of rotatable bonds is 4. The summed E-state index contributed by atoms with van der Waals surface area (Å²) >= 11 is 0. The Kier molecular flexibility index (Phi) is 5.87. The van der Waals surface area contributed by atoms with Crippen LogP contribution in [0.25, 0.3) is 0 Å². The lowest BCUT2D eigenvalue weighted by molar-refractivity contribution is -0.188. The third-order valence-corrected chi connectivity index (χ3v) is 4.08. The van der Waals surface area contributed by atoms with Crippen LogP contribution in [0.5, 0.6) is 0 Å². The van der Waals surface area contributed by atoms with Crippen molar-refractivity contribution in [2.24, 2.45) is 0 Å². The molecular weight excluding hydrogens is 285 g/mol. The highest BCUT2D eigenvalue weighted by Crippen LogP contribution is 2.24. The van der Waals surface area contributed by atoms with Crippen LogP contribution in [0, 0.1) is 0 Å². The summed E-state index contributed by atoms with van der Waals surface area (Å²) in [7, 11) is 0. The SMILES string of the molecule is O=C(NC1CCCC(OCC(F)(F)F)C1)[C@H]1CCCCN1. The van der Waals surface area contributed by atoms with Crippen LogP contribution in [-0.2, 0) is 9.53 Å². The van der Waals surface area contributed by atoms with Gasteiger partial charge in [-0.1, -0.05) is 6.42 Å². The maximum absolute atomic E-state index is 12.2. The van der Waals surface area contributed by atoms with E-state index < -0.39 is 18.9 Å². The van der Waals surface area contributed by atoms with Gasteiger partial charge in [-0.25, -0.2) is 0 Å². The van der Waals surface area contributed by atoms with E-state index in [0.29, 0.717) is 12.8 Å². The Morgan fingerprint density at radius 3 is 2.67 bits per heavy atom. The van der Waals surface area contributed by atoms with Crippen molar-refractivity contribution >= 4 is 5.91 Å². The second kappa shape index (κ2) is 7.45. The van der Waals surface area contributed by atoms with Crippen LogP contribution in [0.2, 0.25) is 0 Å². The molecule has 1 amide bonds. The molecule has 0 radical (unpaired) electrons. The maximum Gasteiger partial charge on any atom is 0.411 e. The van der Waals surface area contributed by atoms with Gasteiger partial charge in [0.15, 0.2) is 0 Å². The molecule has 0 aromatic rings. The molecule has 2 N–H and O–H groups in total. The Morgan fingerprint density at radius 2 is 2.00 bits per heavy atom. The van der Waals surface area contributed by atoms with Crippen molar-refractivity contribution in [1.82, 2.24) is 10.6 Å². The van der Waals surface area contributed by atoms with E-state index in [2.05, 4.69) is 10.6 Å². The van der Waals surface area contributed by atoms with Gasteiger partial charge in [-0.3, -0.25) is 4.79 Å². The monoisotopic (exact) mass is 308 g/mol. The predicted octanol–water partition coefficient (Wildman–Crippen LogP) is 2.13. The molecule has 1 aliphatic carbocycles. The van der Waals surface area contributed by atoms with E-state index >= 15 is 0 Å². The lowest BCUT2D eigenvalue weighted by atomic mass is 9.92. The van der Waals surface area contributed by atoms with Crippen LogP contribution in [0.4, 0.5) is 13.2 Å². The Bertz CT molecular complexity index is 344. The summed E-state index contributed by atoms with van der Waals surface area (Å²) in [6.07, 6.45) is 0.932. The fraction of sp³-hybridized carbons (Fsp3) is 0.929. The Balaban J connectivity index is 1.74. The van der Waals surface area contributed by atoms with Gasteiger partial charge < -0.3 is 15.4 Å². The normalized spacial score (nSPS) is 30.9. The van der Waals surface area contributed by atoms with E-state index in [9.17, 15) is 18.0 Å². The molecule has 7 heteroatoms. The summed E-state index contributed by atoms with van der Waals surface area (Å²) in [5.74, 6) is -0.0313. The number of alkyl halides is 3. The smallest absolute Gasteiger partial charge is 0.369 e. The fourth-order valence-electron chi connectivity index (χ4n) is 3.02. The molecule has 21 heavy (non-hydrogen) atoms. The van der Waals surface area contributed by atoms with Crippen LogP contribution in [0.3, 0.4) is 0 Å². The van der Waals surface area contributed by atoms with Crippen molar-refractivity contribution in [1.29, 1.82) is 0 Å². The molecule has 0 aromatic carbocycles. The highest BCUT2D eigenvalue weighted by Gasteiger charge is 2.32. The number of hydrogen-bond donors (Lipinski definition) is 2. The maximum atomic E-state index is 12.2. The Hall–Kier alpha value is -0.820. The molecule has 1 aliphatic heterocycles. The van der Waals surface area contributed by atoms with Crippen molar-refractivity contribution in [2.75, 3.05) is 13.2 Å². The number of nitrogens with one attached hydrogen (secondary N) is 2. The second-order valence-electron chi connectivity index (χ2n) is 5.92. The van der Waals surface area contributed by atoms with Crippen LogP contribution in [0.15, 0.2) is 0 Å². The summed E-state index contributed by atoms with van der Waals surface area (Å²) in [6.45, 7) is -0.359. The van der Waals surface area contributed by atoms with Crippen LogP contribution in [-0.4, -0.2) is 43.4 Å². The quantitative estimate of drug-likeness (QED) is 0.836. The van der Waals surface area contributed by atoms with Crippen LogP contribution < -0.4 is 10.6 Å². The van der Waals surface area contributed by atoms with E-state index in [-0.39, 0.29) is 18.0 Å². The molecule has 122 valence electrons. The van der Waals surface area contributed by atoms with Gasteiger partial charge in [-0.05, 0) is 45.1 Å². The summed E-state index contributed by atoms with van der Waals surface area (Å²) in [6, 6.07) is -0.233. The lowest BCUT2D eigenvalue weighted by Gasteiger charge is -2.32. The summed E-state index contributed by atoms with van der Waals surface area (Å²) in [5, 5.41) is 6.13. The molecule has 1 heterocycles. The first-order valence-electron chi connectivity index (χ1n) is 7.66. The minimum Gasteiger partial charge on any atom is -0.369 e. The number of carbonyl (C=O) groups is 1. The Morgan fingerprint density at radius 1 is 1.19 bits per heavy atom. The zero-order chi connectivity index (χ0) is 15.3. The number of carbonyl (C=O) groups excluding carboxylic acids is 1. The van der Waals surface area contributed by atoms with E-state index in [4.69, 9.17) is 4.74 Å². The molecule has 2 aliphatic rings. The standard InChI is InChI=1S/C14H23F3N2O2/c15-14(16,17)9-21-11-5-3-4-10(8-11)19-13(20)12-6-1-2-7-18-12/h10-12,18H,1-9H2,(H,19,20)/t10?,11?,12-/m1/s1. The first kappa shape index (κ1) is 16.5. The number of amides is 1. The molecule has 0 aromatic heterocycles. The average Bonchev–Trinajstić information content (AvgIpc) is 2.46. The minimum atomic E-state index is -4.29. The zero-order valence-corrected chi connectivity index (χ0v) is 12.0. The number of hydrogen-bond acceptors (Lipinski definition) is 3. The molecule has 0 bridgehead atoms.